The highest BCUT2D eigenvalue weighted by atomic mass is 14.4. The molecule has 0 aliphatic heterocycles. The van der Waals surface area contributed by atoms with Crippen LogP contribution in [0.1, 0.15) is 52.4 Å². The molecule has 0 heteroatoms. The molecular formula is C18H26. The maximum absolute atomic E-state index is 2.37. The van der Waals surface area contributed by atoms with Crippen LogP contribution >= 0.6 is 0 Å². The Bertz CT molecular complexity index is 396. The SMILES string of the molecule is CC=C1CC2C=CC1C2.CC=C1CC2CCC1C2. The molecule has 0 aromatic heterocycles. The first kappa shape index (κ1) is 12.3. The van der Waals surface area contributed by atoms with E-state index in [-0.39, 0.29) is 0 Å². The summed E-state index contributed by atoms with van der Waals surface area (Å²) in [5.74, 6) is 3.84. The summed E-state index contributed by atoms with van der Waals surface area (Å²) in [6.07, 6.45) is 18.1. The molecule has 4 atom stereocenters. The lowest BCUT2D eigenvalue weighted by Crippen LogP contribution is -1.96. The van der Waals surface area contributed by atoms with E-state index >= 15 is 0 Å². The molecule has 0 saturated heterocycles. The summed E-state index contributed by atoms with van der Waals surface area (Å²) >= 11 is 0. The fourth-order valence-electron chi connectivity index (χ4n) is 4.44. The van der Waals surface area contributed by atoms with Crippen LogP contribution in [0.15, 0.2) is 35.5 Å². The average Bonchev–Trinajstić information content (AvgIpc) is 3.17. The molecule has 4 rings (SSSR count). The van der Waals surface area contributed by atoms with Gasteiger partial charge in [-0.15, -0.1) is 0 Å². The second-order valence-electron chi connectivity index (χ2n) is 6.50. The molecule has 0 heterocycles. The maximum atomic E-state index is 2.37. The van der Waals surface area contributed by atoms with Crippen LogP contribution in [0.4, 0.5) is 0 Å². The summed E-state index contributed by atoms with van der Waals surface area (Å²) in [7, 11) is 0. The number of hydrogen-bond donors (Lipinski definition) is 0. The lowest BCUT2D eigenvalue weighted by molar-refractivity contribution is 0.560. The zero-order valence-corrected chi connectivity index (χ0v) is 11.9. The van der Waals surface area contributed by atoms with Gasteiger partial charge in [-0.3, -0.25) is 0 Å². The molecule has 0 aromatic carbocycles. The molecular weight excluding hydrogens is 216 g/mol. The van der Waals surface area contributed by atoms with E-state index < -0.39 is 0 Å². The fraction of sp³-hybridized carbons (Fsp3) is 0.667. The smallest absolute Gasteiger partial charge is 0.00174 e. The maximum Gasteiger partial charge on any atom is -0.00174 e. The van der Waals surface area contributed by atoms with Gasteiger partial charge in [-0.05, 0) is 76.0 Å². The highest BCUT2D eigenvalue weighted by Crippen LogP contribution is 2.47. The minimum Gasteiger partial charge on any atom is -0.0882 e. The number of hydrogen-bond acceptors (Lipinski definition) is 0. The predicted molar refractivity (Wildman–Crippen MR) is 78.3 cm³/mol. The van der Waals surface area contributed by atoms with Gasteiger partial charge in [-0.2, -0.15) is 0 Å². The van der Waals surface area contributed by atoms with E-state index in [1.807, 2.05) is 0 Å². The molecule has 0 nitrogen and oxygen atoms in total. The van der Waals surface area contributed by atoms with Crippen LogP contribution in [-0.4, -0.2) is 0 Å². The van der Waals surface area contributed by atoms with Crippen molar-refractivity contribution in [3.8, 4) is 0 Å². The Kier molecular flexibility index (Phi) is 3.46. The third-order valence-electron chi connectivity index (χ3n) is 5.48. The van der Waals surface area contributed by atoms with Crippen LogP contribution in [0, 0.1) is 23.7 Å². The summed E-state index contributed by atoms with van der Waals surface area (Å²) in [5.41, 5.74) is 3.42. The topological polar surface area (TPSA) is 0 Å². The summed E-state index contributed by atoms with van der Waals surface area (Å²) in [5, 5.41) is 0. The van der Waals surface area contributed by atoms with E-state index in [0.717, 1.165) is 23.7 Å². The van der Waals surface area contributed by atoms with Crippen molar-refractivity contribution in [2.45, 2.75) is 52.4 Å². The Morgan fingerprint density at radius 2 is 1.78 bits per heavy atom. The van der Waals surface area contributed by atoms with Gasteiger partial charge in [0.1, 0.15) is 0 Å². The van der Waals surface area contributed by atoms with Gasteiger partial charge >= 0.3 is 0 Å². The number of rotatable bonds is 0. The average molecular weight is 242 g/mol. The monoisotopic (exact) mass is 242 g/mol. The zero-order valence-electron chi connectivity index (χ0n) is 11.9. The Morgan fingerprint density at radius 1 is 0.944 bits per heavy atom. The van der Waals surface area contributed by atoms with E-state index in [1.54, 1.807) is 11.1 Å². The summed E-state index contributed by atoms with van der Waals surface area (Å²) < 4.78 is 0. The van der Waals surface area contributed by atoms with Crippen LogP contribution in [0.5, 0.6) is 0 Å². The lowest BCUT2D eigenvalue weighted by atomic mass is 9.95. The summed E-state index contributed by atoms with van der Waals surface area (Å²) in [6.45, 7) is 4.35. The summed E-state index contributed by atoms with van der Waals surface area (Å²) in [6, 6.07) is 0. The van der Waals surface area contributed by atoms with Crippen molar-refractivity contribution in [1.82, 2.24) is 0 Å². The van der Waals surface area contributed by atoms with E-state index in [2.05, 4.69) is 38.2 Å². The van der Waals surface area contributed by atoms with Crippen molar-refractivity contribution >= 4 is 0 Å². The first-order valence-corrected chi connectivity index (χ1v) is 7.78. The van der Waals surface area contributed by atoms with Crippen molar-refractivity contribution in [2.75, 3.05) is 0 Å². The molecule has 3 saturated carbocycles. The number of allylic oxidation sites excluding steroid dienone is 6. The molecule has 4 aliphatic rings. The van der Waals surface area contributed by atoms with Crippen molar-refractivity contribution in [3.63, 3.8) is 0 Å². The van der Waals surface area contributed by atoms with Gasteiger partial charge in [0.25, 0.3) is 0 Å². The van der Waals surface area contributed by atoms with Gasteiger partial charge in [0.2, 0.25) is 0 Å². The molecule has 0 radical (unpaired) electrons. The van der Waals surface area contributed by atoms with Crippen LogP contribution < -0.4 is 0 Å². The Hall–Kier alpha value is -0.780. The van der Waals surface area contributed by atoms with Gasteiger partial charge in [0, 0.05) is 0 Å². The van der Waals surface area contributed by atoms with Crippen molar-refractivity contribution in [2.24, 2.45) is 23.7 Å². The van der Waals surface area contributed by atoms with E-state index in [1.165, 1.54) is 38.5 Å². The lowest BCUT2D eigenvalue weighted by Gasteiger charge is -2.11. The Labute approximate surface area is 112 Å². The van der Waals surface area contributed by atoms with E-state index in [4.69, 9.17) is 0 Å². The molecule has 0 aromatic rings. The molecule has 4 bridgehead atoms. The van der Waals surface area contributed by atoms with Crippen LogP contribution in [-0.2, 0) is 0 Å². The fourth-order valence-corrected chi connectivity index (χ4v) is 4.44. The molecule has 3 fully saturated rings. The van der Waals surface area contributed by atoms with Gasteiger partial charge in [-0.25, -0.2) is 0 Å². The van der Waals surface area contributed by atoms with E-state index in [0.29, 0.717) is 0 Å². The highest BCUT2D eigenvalue weighted by Gasteiger charge is 2.34. The van der Waals surface area contributed by atoms with Gasteiger partial charge < -0.3 is 0 Å². The van der Waals surface area contributed by atoms with Crippen LogP contribution in [0.3, 0.4) is 0 Å². The molecule has 0 amide bonds. The third kappa shape index (κ3) is 2.22. The molecule has 4 unspecified atom stereocenters. The zero-order chi connectivity index (χ0) is 12.5. The predicted octanol–water partition coefficient (Wildman–Crippen LogP) is 5.28. The van der Waals surface area contributed by atoms with Crippen LogP contribution in [0.2, 0.25) is 0 Å². The van der Waals surface area contributed by atoms with Crippen molar-refractivity contribution in [1.29, 1.82) is 0 Å². The minimum atomic E-state index is 0.833. The minimum absolute atomic E-state index is 0.833. The third-order valence-corrected chi connectivity index (χ3v) is 5.48. The van der Waals surface area contributed by atoms with Gasteiger partial charge in [0.15, 0.2) is 0 Å². The van der Waals surface area contributed by atoms with Crippen molar-refractivity contribution in [3.05, 3.63) is 35.5 Å². The second kappa shape index (κ2) is 5.07. The Morgan fingerprint density at radius 3 is 2.11 bits per heavy atom. The van der Waals surface area contributed by atoms with Gasteiger partial charge in [-0.1, -0.05) is 35.5 Å². The molecule has 4 aliphatic carbocycles. The number of fused-ring (bicyclic) bond motifs is 4. The second-order valence-corrected chi connectivity index (χ2v) is 6.50. The van der Waals surface area contributed by atoms with Crippen LogP contribution in [0.25, 0.3) is 0 Å². The molecule has 0 N–H and O–H groups in total. The molecule has 0 spiro atoms. The quantitative estimate of drug-likeness (QED) is 0.507. The Balaban J connectivity index is 0.000000111. The van der Waals surface area contributed by atoms with E-state index in [9.17, 15) is 0 Å². The standard InChI is InChI=1S/C9H14.C9H12/c2*1-2-8-5-7-3-4-9(8)6-7/h2,7,9H,3-6H2,1H3;2-4,7,9H,5-6H2,1H3. The first-order valence-electron chi connectivity index (χ1n) is 7.78. The van der Waals surface area contributed by atoms with Crippen molar-refractivity contribution < 1.29 is 0 Å². The highest BCUT2D eigenvalue weighted by molar-refractivity contribution is 5.26. The largest absolute Gasteiger partial charge is 0.0882 e. The summed E-state index contributed by atoms with van der Waals surface area (Å²) in [4.78, 5) is 0. The normalized spacial score (nSPS) is 43.9. The van der Waals surface area contributed by atoms with Gasteiger partial charge in [0.05, 0.1) is 0 Å². The molecule has 18 heavy (non-hydrogen) atoms. The first-order chi connectivity index (χ1) is 8.80. The molecule has 98 valence electrons.